The molecule has 6 aromatic carbocycles. The van der Waals surface area contributed by atoms with Gasteiger partial charge in [0.2, 0.25) is 0 Å². The van der Waals surface area contributed by atoms with Crippen molar-refractivity contribution in [2.24, 2.45) is 0 Å². The highest BCUT2D eigenvalue weighted by molar-refractivity contribution is 6.09. The summed E-state index contributed by atoms with van der Waals surface area (Å²) in [6.07, 6.45) is 3.67. The van der Waals surface area contributed by atoms with Gasteiger partial charge in [0.05, 0.1) is 22.4 Å². The molecular formula is C45H30N4. The Labute approximate surface area is 284 Å². The van der Waals surface area contributed by atoms with Gasteiger partial charge in [-0.3, -0.25) is 4.98 Å². The Morgan fingerprint density at radius 3 is 1.43 bits per heavy atom. The van der Waals surface area contributed by atoms with Crippen LogP contribution in [0.25, 0.3) is 83.6 Å². The van der Waals surface area contributed by atoms with Gasteiger partial charge in [0, 0.05) is 45.5 Å². The summed E-state index contributed by atoms with van der Waals surface area (Å²) in [5.41, 5.74) is 12.8. The largest absolute Gasteiger partial charge is 0.309 e. The van der Waals surface area contributed by atoms with E-state index in [9.17, 15) is 0 Å². The van der Waals surface area contributed by atoms with Crippen LogP contribution in [0.5, 0.6) is 0 Å². The third kappa shape index (κ3) is 5.35. The summed E-state index contributed by atoms with van der Waals surface area (Å²) < 4.78 is 2.34. The molecule has 0 radical (unpaired) electrons. The van der Waals surface area contributed by atoms with Crippen LogP contribution in [0.2, 0.25) is 0 Å². The molecule has 0 unspecified atom stereocenters. The van der Waals surface area contributed by atoms with E-state index in [1.165, 1.54) is 32.9 Å². The molecule has 9 aromatic rings. The van der Waals surface area contributed by atoms with E-state index in [2.05, 4.69) is 167 Å². The molecule has 0 atom stereocenters. The van der Waals surface area contributed by atoms with E-state index in [0.717, 1.165) is 44.9 Å². The summed E-state index contributed by atoms with van der Waals surface area (Å²) in [5.74, 6) is 0.684. The molecule has 4 nitrogen and oxygen atoms in total. The van der Waals surface area contributed by atoms with Crippen LogP contribution in [0, 0.1) is 0 Å². The van der Waals surface area contributed by atoms with Gasteiger partial charge in [-0.1, -0.05) is 133 Å². The Morgan fingerprint density at radius 2 is 0.837 bits per heavy atom. The first kappa shape index (κ1) is 28.6. The van der Waals surface area contributed by atoms with Gasteiger partial charge in [-0.15, -0.1) is 0 Å². The summed E-state index contributed by atoms with van der Waals surface area (Å²) in [7, 11) is 0. The summed E-state index contributed by atoms with van der Waals surface area (Å²) in [6, 6.07) is 59.5. The normalized spacial score (nSPS) is 11.3. The fourth-order valence-electron chi connectivity index (χ4n) is 6.66. The fraction of sp³-hybridized carbons (Fsp3) is 0. The van der Waals surface area contributed by atoms with Crippen LogP contribution in [0.15, 0.2) is 182 Å². The lowest BCUT2D eigenvalue weighted by Gasteiger charge is -2.12. The molecule has 4 heteroatoms. The predicted octanol–water partition coefficient (Wildman–Crippen LogP) is 11.3. The van der Waals surface area contributed by atoms with Crippen molar-refractivity contribution >= 4 is 21.8 Å². The summed E-state index contributed by atoms with van der Waals surface area (Å²) >= 11 is 0. The second-order valence-electron chi connectivity index (χ2n) is 12.1. The van der Waals surface area contributed by atoms with E-state index < -0.39 is 0 Å². The van der Waals surface area contributed by atoms with Crippen LogP contribution < -0.4 is 0 Å². The average Bonchev–Trinajstić information content (AvgIpc) is 3.53. The van der Waals surface area contributed by atoms with Crippen molar-refractivity contribution in [1.29, 1.82) is 0 Å². The zero-order valence-electron chi connectivity index (χ0n) is 26.6. The maximum absolute atomic E-state index is 5.13. The van der Waals surface area contributed by atoms with E-state index in [1.54, 1.807) is 6.20 Å². The quantitative estimate of drug-likeness (QED) is 0.184. The van der Waals surface area contributed by atoms with E-state index in [0.29, 0.717) is 5.82 Å². The van der Waals surface area contributed by atoms with E-state index in [4.69, 9.17) is 9.97 Å². The van der Waals surface area contributed by atoms with E-state index in [-0.39, 0.29) is 0 Å². The van der Waals surface area contributed by atoms with Crippen molar-refractivity contribution in [3.05, 3.63) is 182 Å². The molecule has 0 bridgehead atoms. The first-order valence-corrected chi connectivity index (χ1v) is 16.4. The van der Waals surface area contributed by atoms with Gasteiger partial charge >= 0.3 is 0 Å². The monoisotopic (exact) mass is 626 g/mol. The maximum atomic E-state index is 5.13. The zero-order chi connectivity index (χ0) is 32.6. The Kier molecular flexibility index (Phi) is 7.10. The number of hydrogen-bond donors (Lipinski definition) is 0. The Morgan fingerprint density at radius 1 is 0.367 bits per heavy atom. The molecule has 230 valence electrons. The molecular weight excluding hydrogens is 597 g/mol. The third-order valence-corrected chi connectivity index (χ3v) is 9.15. The summed E-state index contributed by atoms with van der Waals surface area (Å²) in [5, 5.41) is 2.50. The summed E-state index contributed by atoms with van der Waals surface area (Å²) in [6.45, 7) is 0. The number of aromatic nitrogens is 4. The molecule has 0 spiro atoms. The molecule has 3 aromatic heterocycles. The third-order valence-electron chi connectivity index (χ3n) is 9.15. The lowest BCUT2D eigenvalue weighted by Crippen LogP contribution is -1.97. The first-order valence-electron chi connectivity index (χ1n) is 16.4. The van der Waals surface area contributed by atoms with Gasteiger partial charge in [-0.25, -0.2) is 9.97 Å². The van der Waals surface area contributed by atoms with E-state index >= 15 is 0 Å². The lowest BCUT2D eigenvalue weighted by atomic mass is 10.0. The Bertz CT molecular complexity index is 2400. The molecule has 0 amide bonds. The van der Waals surface area contributed by atoms with Crippen LogP contribution in [0.4, 0.5) is 0 Å². The number of hydrogen-bond acceptors (Lipinski definition) is 3. The molecule has 0 aliphatic carbocycles. The van der Waals surface area contributed by atoms with Crippen molar-refractivity contribution < 1.29 is 0 Å². The topological polar surface area (TPSA) is 43.6 Å². The highest BCUT2D eigenvalue weighted by Crippen LogP contribution is 2.34. The van der Waals surface area contributed by atoms with Crippen LogP contribution in [-0.2, 0) is 0 Å². The van der Waals surface area contributed by atoms with E-state index in [1.807, 2.05) is 18.3 Å². The molecule has 3 heterocycles. The highest BCUT2D eigenvalue weighted by Gasteiger charge is 2.14. The molecule has 49 heavy (non-hydrogen) atoms. The van der Waals surface area contributed by atoms with Crippen LogP contribution >= 0.6 is 0 Å². The second-order valence-corrected chi connectivity index (χ2v) is 12.1. The molecule has 0 fully saturated rings. The van der Waals surface area contributed by atoms with Crippen molar-refractivity contribution in [2.45, 2.75) is 0 Å². The number of rotatable bonds is 6. The Hall–Kier alpha value is -6.65. The Balaban J connectivity index is 1.13. The number of benzene rings is 6. The minimum Gasteiger partial charge on any atom is -0.309 e. The van der Waals surface area contributed by atoms with Gasteiger partial charge in [0.25, 0.3) is 0 Å². The van der Waals surface area contributed by atoms with Gasteiger partial charge in [0.15, 0.2) is 5.82 Å². The molecule has 9 rings (SSSR count). The average molecular weight is 627 g/mol. The zero-order valence-corrected chi connectivity index (χ0v) is 26.6. The number of fused-ring (bicyclic) bond motifs is 3. The van der Waals surface area contributed by atoms with Crippen molar-refractivity contribution in [3.63, 3.8) is 0 Å². The SMILES string of the molecule is c1ccc(-c2ccc(-c3cc(-c4ccc(-n5c6ccccc6c6ccccc65)cc4)nc(-c4ccc(-c5cccnc5)cc4)n3)cc2)cc1. The minimum absolute atomic E-state index is 0.684. The molecule has 0 aliphatic heterocycles. The van der Waals surface area contributed by atoms with Gasteiger partial charge in [0.1, 0.15) is 0 Å². The van der Waals surface area contributed by atoms with Gasteiger partial charge in [-0.05, 0) is 58.7 Å². The number of nitrogens with zero attached hydrogens (tertiary/aromatic N) is 4. The van der Waals surface area contributed by atoms with Gasteiger partial charge < -0.3 is 4.57 Å². The predicted molar refractivity (Wildman–Crippen MR) is 201 cm³/mol. The lowest BCUT2D eigenvalue weighted by molar-refractivity contribution is 1.17. The first-order chi connectivity index (χ1) is 24.3. The second kappa shape index (κ2) is 12.2. The highest BCUT2D eigenvalue weighted by atomic mass is 15.0. The smallest absolute Gasteiger partial charge is 0.160 e. The fourth-order valence-corrected chi connectivity index (χ4v) is 6.66. The summed E-state index contributed by atoms with van der Waals surface area (Å²) in [4.78, 5) is 14.5. The maximum Gasteiger partial charge on any atom is 0.160 e. The number of pyridine rings is 1. The number of para-hydroxylation sites is 2. The van der Waals surface area contributed by atoms with Crippen LogP contribution in [0.3, 0.4) is 0 Å². The van der Waals surface area contributed by atoms with Crippen molar-refractivity contribution in [2.75, 3.05) is 0 Å². The van der Waals surface area contributed by atoms with Crippen molar-refractivity contribution in [3.8, 4) is 61.8 Å². The van der Waals surface area contributed by atoms with Gasteiger partial charge in [-0.2, -0.15) is 0 Å². The standard InChI is InChI=1S/C45H30N4/c1-2-9-31(10-3-1)32-16-20-34(21-17-32)41-29-42(48-45(47-41)36-22-18-33(19-23-36)37-11-8-28-46-30-37)35-24-26-38(27-25-35)49-43-14-6-4-12-39(43)40-13-5-7-15-44(40)49/h1-30H. The molecule has 0 saturated carbocycles. The van der Waals surface area contributed by atoms with Crippen LogP contribution in [0.1, 0.15) is 0 Å². The minimum atomic E-state index is 0.684. The molecule has 0 saturated heterocycles. The molecule has 0 aliphatic rings. The van der Waals surface area contributed by atoms with Crippen molar-refractivity contribution in [1.82, 2.24) is 19.5 Å². The molecule has 0 N–H and O–H groups in total. The van der Waals surface area contributed by atoms with Crippen LogP contribution in [-0.4, -0.2) is 19.5 Å².